The van der Waals surface area contributed by atoms with Gasteiger partial charge in [0.15, 0.2) is 5.69 Å². The Kier molecular flexibility index (Phi) is 4.36. The Morgan fingerprint density at radius 3 is 2.48 bits per heavy atom. The fourth-order valence-electron chi connectivity index (χ4n) is 2.85. The van der Waals surface area contributed by atoms with Crippen LogP contribution in [0.1, 0.15) is 52.4 Å². The van der Waals surface area contributed by atoms with Crippen LogP contribution in [0.2, 0.25) is 0 Å². The lowest BCUT2D eigenvalue weighted by molar-refractivity contribution is 0.0637. The Labute approximate surface area is 133 Å². The highest BCUT2D eigenvalue weighted by Crippen LogP contribution is 2.26. The number of carboxylic acid groups (broad SMARTS) is 1. The predicted octanol–water partition coefficient (Wildman–Crippen LogP) is 2.35. The molecule has 1 amide bonds. The van der Waals surface area contributed by atoms with Crippen LogP contribution in [0.5, 0.6) is 0 Å². The second kappa shape index (κ2) is 6.60. The third-order valence-electron chi connectivity index (χ3n) is 4.02. The summed E-state index contributed by atoms with van der Waals surface area (Å²) in [6.07, 6.45) is 7.99. The lowest BCUT2D eigenvalue weighted by Gasteiger charge is -2.27. The molecule has 2 aromatic rings. The average molecular weight is 315 g/mol. The fourth-order valence-corrected chi connectivity index (χ4v) is 2.85. The molecule has 1 N–H and O–H groups in total. The SMILES string of the molecule is O=C(O)c1cnc(C(=O)N(Cc2ccco2)C2CCCC2)cn1. The van der Waals surface area contributed by atoms with Crippen LogP contribution in [0.3, 0.4) is 0 Å². The molecule has 0 unspecified atom stereocenters. The first kappa shape index (κ1) is 15.2. The first-order valence-corrected chi connectivity index (χ1v) is 7.54. The average Bonchev–Trinajstić information content (AvgIpc) is 3.25. The minimum Gasteiger partial charge on any atom is -0.476 e. The third-order valence-corrected chi connectivity index (χ3v) is 4.02. The first-order chi connectivity index (χ1) is 11.1. The molecule has 0 aromatic carbocycles. The highest BCUT2D eigenvalue weighted by molar-refractivity contribution is 5.93. The van der Waals surface area contributed by atoms with E-state index in [0.717, 1.165) is 31.9 Å². The van der Waals surface area contributed by atoms with Crippen molar-refractivity contribution >= 4 is 11.9 Å². The summed E-state index contributed by atoms with van der Waals surface area (Å²) in [5, 5.41) is 8.86. The van der Waals surface area contributed by atoms with Gasteiger partial charge in [0.25, 0.3) is 5.91 Å². The molecule has 7 nitrogen and oxygen atoms in total. The number of aromatic nitrogens is 2. The largest absolute Gasteiger partial charge is 0.476 e. The Morgan fingerprint density at radius 2 is 1.91 bits per heavy atom. The second-order valence-corrected chi connectivity index (χ2v) is 5.54. The predicted molar refractivity (Wildman–Crippen MR) is 79.8 cm³/mol. The maximum Gasteiger partial charge on any atom is 0.356 e. The highest BCUT2D eigenvalue weighted by Gasteiger charge is 2.29. The molecule has 0 atom stereocenters. The first-order valence-electron chi connectivity index (χ1n) is 7.54. The monoisotopic (exact) mass is 315 g/mol. The molecule has 1 saturated carbocycles. The summed E-state index contributed by atoms with van der Waals surface area (Å²) in [5.74, 6) is -0.710. The van der Waals surface area contributed by atoms with E-state index in [1.807, 2.05) is 6.07 Å². The molecule has 3 rings (SSSR count). The van der Waals surface area contributed by atoms with Crippen molar-refractivity contribution in [1.82, 2.24) is 14.9 Å². The van der Waals surface area contributed by atoms with E-state index >= 15 is 0 Å². The van der Waals surface area contributed by atoms with E-state index in [1.54, 1.807) is 17.2 Å². The third kappa shape index (κ3) is 3.39. The van der Waals surface area contributed by atoms with E-state index in [1.165, 1.54) is 6.20 Å². The summed E-state index contributed by atoms with van der Waals surface area (Å²) in [4.78, 5) is 33.1. The molecule has 2 heterocycles. The molecule has 0 radical (unpaired) electrons. The number of hydrogen-bond donors (Lipinski definition) is 1. The zero-order valence-corrected chi connectivity index (χ0v) is 12.5. The van der Waals surface area contributed by atoms with E-state index in [-0.39, 0.29) is 23.3 Å². The van der Waals surface area contributed by atoms with Gasteiger partial charge < -0.3 is 14.4 Å². The van der Waals surface area contributed by atoms with Crippen molar-refractivity contribution in [3.05, 3.63) is 47.9 Å². The van der Waals surface area contributed by atoms with Gasteiger partial charge in [-0.2, -0.15) is 0 Å². The number of amides is 1. The van der Waals surface area contributed by atoms with Gasteiger partial charge in [-0.15, -0.1) is 0 Å². The number of hydrogen-bond acceptors (Lipinski definition) is 5. The van der Waals surface area contributed by atoms with Crippen LogP contribution in [0.4, 0.5) is 0 Å². The molecule has 0 bridgehead atoms. The number of nitrogens with zero attached hydrogens (tertiary/aromatic N) is 3. The Balaban J connectivity index is 1.82. The van der Waals surface area contributed by atoms with Crippen molar-refractivity contribution in [2.24, 2.45) is 0 Å². The maximum atomic E-state index is 12.8. The molecule has 0 spiro atoms. The molecular weight excluding hydrogens is 298 g/mol. The number of carbonyl (C=O) groups excluding carboxylic acids is 1. The fraction of sp³-hybridized carbons (Fsp3) is 0.375. The van der Waals surface area contributed by atoms with Crippen LogP contribution in [0, 0.1) is 0 Å². The van der Waals surface area contributed by atoms with Gasteiger partial charge in [-0.25, -0.2) is 14.8 Å². The molecular formula is C16H17N3O4. The van der Waals surface area contributed by atoms with Gasteiger partial charge in [-0.05, 0) is 25.0 Å². The smallest absolute Gasteiger partial charge is 0.356 e. The number of rotatable bonds is 5. The van der Waals surface area contributed by atoms with Gasteiger partial charge in [-0.3, -0.25) is 4.79 Å². The van der Waals surface area contributed by atoms with Crippen LogP contribution in [-0.4, -0.2) is 37.9 Å². The Hall–Kier alpha value is -2.70. The van der Waals surface area contributed by atoms with E-state index in [9.17, 15) is 9.59 Å². The molecule has 0 aliphatic heterocycles. The molecule has 120 valence electrons. The van der Waals surface area contributed by atoms with E-state index in [2.05, 4.69) is 9.97 Å². The van der Waals surface area contributed by atoms with Gasteiger partial charge in [0, 0.05) is 6.04 Å². The van der Waals surface area contributed by atoms with Crippen molar-refractivity contribution < 1.29 is 19.1 Å². The standard InChI is InChI=1S/C16H17N3O4/c20-15(13-8-18-14(9-17-13)16(21)22)19(11-4-1-2-5-11)10-12-6-3-7-23-12/h3,6-9,11H,1-2,4-5,10H2,(H,21,22). The van der Waals surface area contributed by atoms with Crippen molar-refractivity contribution in [2.75, 3.05) is 0 Å². The van der Waals surface area contributed by atoms with Crippen LogP contribution in [0.15, 0.2) is 35.2 Å². The summed E-state index contributed by atoms with van der Waals surface area (Å²) < 4.78 is 5.35. The minimum atomic E-state index is -1.17. The highest BCUT2D eigenvalue weighted by atomic mass is 16.4. The lowest BCUT2D eigenvalue weighted by atomic mass is 10.2. The van der Waals surface area contributed by atoms with Crippen molar-refractivity contribution in [3.63, 3.8) is 0 Å². The summed E-state index contributed by atoms with van der Waals surface area (Å²) in [7, 11) is 0. The zero-order valence-electron chi connectivity index (χ0n) is 12.5. The van der Waals surface area contributed by atoms with Gasteiger partial charge in [0.2, 0.25) is 0 Å². The maximum absolute atomic E-state index is 12.8. The molecule has 1 fully saturated rings. The van der Waals surface area contributed by atoms with Crippen LogP contribution >= 0.6 is 0 Å². The number of furan rings is 1. The van der Waals surface area contributed by atoms with Crippen LogP contribution in [0.25, 0.3) is 0 Å². The molecule has 2 aromatic heterocycles. The Bertz CT molecular complexity index is 676. The molecule has 1 aliphatic rings. The van der Waals surface area contributed by atoms with E-state index in [4.69, 9.17) is 9.52 Å². The topological polar surface area (TPSA) is 96.5 Å². The van der Waals surface area contributed by atoms with Crippen LogP contribution in [-0.2, 0) is 6.54 Å². The van der Waals surface area contributed by atoms with E-state index < -0.39 is 5.97 Å². The molecule has 7 heteroatoms. The van der Waals surface area contributed by atoms with Crippen molar-refractivity contribution in [1.29, 1.82) is 0 Å². The zero-order chi connectivity index (χ0) is 16.2. The summed E-state index contributed by atoms with van der Waals surface area (Å²) in [6, 6.07) is 3.76. The normalized spacial score (nSPS) is 14.8. The van der Waals surface area contributed by atoms with Gasteiger partial charge in [0.1, 0.15) is 11.5 Å². The van der Waals surface area contributed by atoms with Crippen LogP contribution < -0.4 is 0 Å². The second-order valence-electron chi connectivity index (χ2n) is 5.54. The minimum absolute atomic E-state index is 0.147. The Morgan fingerprint density at radius 1 is 1.22 bits per heavy atom. The summed E-state index contributed by atoms with van der Waals surface area (Å²) in [5.41, 5.74) is -0.0338. The summed E-state index contributed by atoms with van der Waals surface area (Å²) >= 11 is 0. The number of aromatic carboxylic acids is 1. The lowest BCUT2D eigenvalue weighted by Crippen LogP contribution is -2.38. The van der Waals surface area contributed by atoms with Crippen molar-refractivity contribution in [3.8, 4) is 0 Å². The quantitative estimate of drug-likeness (QED) is 0.909. The molecule has 1 aliphatic carbocycles. The van der Waals surface area contributed by atoms with Gasteiger partial charge >= 0.3 is 5.97 Å². The van der Waals surface area contributed by atoms with Gasteiger partial charge in [0.05, 0.1) is 25.2 Å². The molecule has 0 saturated heterocycles. The number of carbonyl (C=O) groups is 2. The van der Waals surface area contributed by atoms with E-state index in [0.29, 0.717) is 12.3 Å². The van der Waals surface area contributed by atoms with Crippen molar-refractivity contribution in [2.45, 2.75) is 38.3 Å². The molecule has 23 heavy (non-hydrogen) atoms. The van der Waals surface area contributed by atoms with Gasteiger partial charge in [-0.1, -0.05) is 12.8 Å². The number of carboxylic acids is 1. The summed E-state index contributed by atoms with van der Waals surface area (Å²) in [6.45, 7) is 0.374.